The summed E-state index contributed by atoms with van der Waals surface area (Å²) in [5, 5.41) is 2.18. The molecule has 2 aromatic rings. The van der Waals surface area contributed by atoms with Crippen LogP contribution < -0.4 is 15.6 Å². The number of hydrogen-bond acceptors (Lipinski definition) is 6. The standard InChI is InChI=1S/C13H13ClN4OS/c14-12-3-1-2-4-13(12)17-20-9-18(15)11-6-5-10(8-19)16-7-11/h1-8,17H,9,15H2. The van der Waals surface area contributed by atoms with E-state index in [1.54, 1.807) is 18.3 Å². The topological polar surface area (TPSA) is 71.2 Å². The molecule has 1 aromatic heterocycles. The van der Waals surface area contributed by atoms with Crippen LogP contribution >= 0.6 is 23.5 Å². The van der Waals surface area contributed by atoms with Gasteiger partial charge in [0.1, 0.15) is 5.69 Å². The number of nitrogens with two attached hydrogens (primary N) is 1. The van der Waals surface area contributed by atoms with Crippen LogP contribution in [0, 0.1) is 0 Å². The van der Waals surface area contributed by atoms with Crippen LogP contribution in [0.25, 0.3) is 0 Å². The number of carbonyl (C=O) groups excluding carboxylic acids is 1. The number of hydrogen-bond donors (Lipinski definition) is 2. The maximum atomic E-state index is 10.5. The Hall–Kier alpha value is -1.76. The number of carbonyl (C=O) groups is 1. The van der Waals surface area contributed by atoms with Crippen molar-refractivity contribution in [3.05, 3.63) is 53.3 Å². The Labute approximate surface area is 126 Å². The zero-order chi connectivity index (χ0) is 14.4. The van der Waals surface area contributed by atoms with E-state index in [1.165, 1.54) is 17.0 Å². The van der Waals surface area contributed by atoms with E-state index in [2.05, 4.69) is 9.71 Å². The third kappa shape index (κ3) is 3.86. The van der Waals surface area contributed by atoms with Crippen molar-refractivity contribution in [2.75, 3.05) is 15.6 Å². The molecule has 0 saturated heterocycles. The van der Waals surface area contributed by atoms with E-state index in [4.69, 9.17) is 17.4 Å². The van der Waals surface area contributed by atoms with Gasteiger partial charge in [0.25, 0.3) is 0 Å². The third-order valence-electron chi connectivity index (χ3n) is 2.48. The van der Waals surface area contributed by atoms with Gasteiger partial charge in [0, 0.05) is 0 Å². The molecule has 104 valence electrons. The van der Waals surface area contributed by atoms with Crippen molar-refractivity contribution in [2.24, 2.45) is 5.84 Å². The molecule has 3 N–H and O–H groups in total. The van der Waals surface area contributed by atoms with E-state index in [-0.39, 0.29) is 0 Å². The van der Waals surface area contributed by atoms with Gasteiger partial charge in [-0.1, -0.05) is 23.7 Å². The minimum atomic E-state index is 0.379. The first-order valence-electron chi connectivity index (χ1n) is 5.76. The number of aldehydes is 1. The molecular formula is C13H13ClN4OS. The second kappa shape index (κ2) is 7.14. The number of nitrogens with zero attached hydrogens (tertiary/aromatic N) is 2. The van der Waals surface area contributed by atoms with Crippen molar-refractivity contribution in [3.63, 3.8) is 0 Å². The number of para-hydroxylation sites is 1. The normalized spacial score (nSPS) is 10.1. The Kier molecular flexibility index (Phi) is 5.23. The predicted octanol–water partition coefficient (Wildman–Crippen LogP) is 2.95. The van der Waals surface area contributed by atoms with Gasteiger partial charge in [0.15, 0.2) is 6.29 Å². The van der Waals surface area contributed by atoms with Crippen LogP contribution in [0.2, 0.25) is 5.02 Å². The zero-order valence-corrected chi connectivity index (χ0v) is 12.1. The van der Waals surface area contributed by atoms with Crippen LogP contribution in [0.1, 0.15) is 10.5 Å². The highest BCUT2D eigenvalue weighted by Crippen LogP contribution is 2.23. The minimum Gasteiger partial charge on any atom is -0.327 e. The molecule has 1 heterocycles. The van der Waals surface area contributed by atoms with Crippen molar-refractivity contribution < 1.29 is 4.79 Å². The molecule has 0 radical (unpaired) electrons. The summed E-state index contributed by atoms with van der Waals surface area (Å²) in [4.78, 5) is 14.5. The molecule has 0 amide bonds. The third-order valence-corrected chi connectivity index (χ3v) is 3.58. The first kappa shape index (κ1) is 14.6. The summed E-state index contributed by atoms with van der Waals surface area (Å²) in [7, 11) is 0. The number of halogens is 1. The van der Waals surface area contributed by atoms with Crippen LogP contribution in [0.5, 0.6) is 0 Å². The van der Waals surface area contributed by atoms with E-state index in [1.807, 2.05) is 24.3 Å². The minimum absolute atomic E-state index is 0.379. The number of benzene rings is 1. The zero-order valence-electron chi connectivity index (χ0n) is 10.5. The molecule has 20 heavy (non-hydrogen) atoms. The van der Waals surface area contributed by atoms with Crippen LogP contribution in [-0.4, -0.2) is 17.1 Å². The molecule has 0 aliphatic rings. The summed E-state index contributed by atoms with van der Waals surface area (Å²) in [6.07, 6.45) is 2.25. The number of rotatable bonds is 6. The van der Waals surface area contributed by atoms with E-state index in [0.717, 1.165) is 11.4 Å². The molecule has 0 unspecified atom stereocenters. The lowest BCUT2D eigenvalue weighted by molar-refractivity contribution is 0.111. The van der Waals surface area contributed by atoms with Crippen LogP contribution in [0.3, 0.4) is 0 Å². The van der Waals surface area contributed by atoms with Crippen LogP contribution in [-0.2, 0) is 0 Å². The van der Waals surface area contributed by atoms with Crippen molar-refractivity contribution >= 4 is 41.2 Å². The lowest BCUT2D eigenvalue weighted by atomic mass is 10.3. The number of anilines is 2. The number of pyridine rings is 1. The molecule has 1 aromatic carbocycles. The summed E-state index contributed by atoms with van der Waals surface area (Å²) >= 11 is 7.43. The lowest BCUT2D eigenvalue weighted by Crippen LogP contribution is -2.30. The Morgan fingerprint density at radius 2 is 2.15 bits per heavy atom. The highest BCUT2D eigenvalue weighted by molar-refractivity contribution is 8.00. The molecule has 0 aliphatic carbocycles. The van der Waals surface area contributed by atoms with Gasteiger partial charge in [-0.3, -0.25) is 14.8 Å². The van der Waals surface area contributed by atoms with Gasteiger partial charge < -0.3 is 4.72 Å². The molecule has 0 aliphatic heterocycles. The van der Waals surface area contributed by atoms with Gasteiger partial charge >= 0.3 is 0 Å². The second-order valence-corrected chi connectivity index (χ2v) is 5.04. The van der Waals surface area contributed by atoms with Crippen molar-refractivity contribution in [1.29, 1.82) is 0 Å². The second-order valence-electron chi connectivity index (χ2n) is 3.88. The average molecular weight is 309 g/mol. The quantitative estimate of drug-likeness (QED) is 0.281. The van der Waals surface area contributed by atoms with E-state index in [0.29, 0.717) is 22.9 Å². The molecule has 7 heteroatoms. The van der Waals surface area contributed by atoms with Crippen molar-refractivity contribution in [2.45, 2.75) is 0 Å². The Morgan fingerprint density at radius 1 is 1.35 bits per heavy atom. The SMILES string of the molecule is NN(CSNc1ccccc1Cl)c1ccc(C=O)nc1. The number of hydrazine groups is 1. The number of aromatic nitrogens is 1. The highest BCUT2D eigenvalue weighted by Gasteiger charge is 2.04. The lowest BCUT2D eigenvalue weighted by Gasteiger charge is -2.18. The predicted molar refractivity (Wildman–Crippen MR) is 83.8 cm³/mol. The van der Waals surface area contributed by atoms with Gasteiger partial charge in [0.2, 0.25) is 0 Å². The monoisotopic (exact) mass is 308 g/mol. The van der Waals surface area contributed by atoms with Gasteiger partial charge in [-0.05, 0) is 36.2 Å². The van der Waals surface area contributed by atoms with E-state index in [9.17, 15) is 4.79 Å². The first-order valence-corrected chi connectivity index (χ1v) is 7.13. The smallest absolute Gasteiger partial charge is 0.168 e. The maximum Gasteiger partial charge on any atom is 0.168 e. The molecule has 0 atom stereocenters. The summed E-state index contributed by atoms with van der Waals surface area (Å²) in [6.45, 7) is 0. The summed E-state index contributed by atoms with van der Waals surface area (Å²) in [5.41, 5.74) is 1.94. The Morgan fingerprint density at radius 3 is 2.80 bits per heavy atom. The fraction of sp³-hybridized carbons (Fsp3) is 0.0769. The van der Waals surface area contributed by atoms with Gasteiger partial charge in [-0.25, -0.2) is 5.84 Å². The summed E-state index contributed by atoms with van der Waals surface area (Å²) < 4.78 is 3.12. The van der Waals surface area contributed by atoms with E-state index < -0.39 is 0 Å². The Balaban J connectivity index is 1.87. The molecule has 0 saturated carbocycles. The van der Waals surface area contributed by atoms with Gasteiger partial charge in [-0.2, -0.15) is 0 Å². The first-order chi connectivity index (χ1) is 9.70. The van der Waals surface area contributed by atoms with Crippen molar-refractivity contribution in [1.82, 2.24) is 4.98 Å². The maximum absolute atomic E-state index is 10.5. The largest absolute Gasteiger partial charge is 0.327 e. The summed E-state index contributed by atoms with van der Waals surface area (Å²) in [5.74, 6) is 6.39. The Bertz CT molecular complexity index is 579. The van der Waals surface area contributed by atoms with Crippen LogP contribution in [0.15, 0.2) is 42.6 Å². The molecule has 0 fully saturated rings. The highest BCUT2D eigenvalue weighted by atomic mass is 35.5. The summed E-state index contributed by atoms with van der Waals surface area (Å²) in [6, 6.07) is 10.8. The fourth-order valence-electron chi connectivity index (χ4n) is 1.44. The fourth-order valence-corrected chi connectivity index (χ4v) is 2.36. The average Bonchev–Trinajstić information content (AvgIpc) is 2.49. The molecule has 0 spiro atoms. The molecule has 2 rings (SSSR count). The molecule has 0 bridgehead atoms. The van der Waals surface area contributed by atoms with E-state index >= 15 is 0 Å². The van der Waals surface area contributed by atoms with Crippen molar-refractivity contribution in [3.8, 4) is 0 Å². The van der Waals surface area contributed by atoms with Gasteiger partial charge in [-0.15, -0.1) is 0 Å². The molecular weight excluding hydrogens is 296 g/mol. The van der Waals surface area contributed by atoms with Crippen LogP contribution in [0.4, 0.5) is 11.4 Å². The number of nitrogens with one attached hydrogen (secondary N) is 1. The van der Waals surface area contributed by atoms with Gasteiger partial charge in [0.05, 0.1) is 28.5 Å². The molecule has 5 nitrogen and oxygen atoms in total.